The van der Waals surface area contributed by atoms with Crippen LogP contribution in [0.4, 0.5) is 5.69 Å². The number of methoxy groups -OCH3 is 1. The molecule has 1 aliphatic rings. The maximum Gasteiger partial charge on any atom is 0.300 e. The summed E-state index contributed by atoms with van der Waals surface area (Å²) in [5.41, 5.74) is 1.90. The van der Waals surface area contributed by atoms with Gasteiger partial charge in [-0.3, -0.25) is 14.5 Å². The van der Waals surface area contributed by atoms with Gasteiger partial charge in [0.1, 0.15) is 23.3 Å². The van der Waals surface area contributed by atoms with Gasteiger partial charge in [0.25, 0.3) is 11.7 Å². The van der Waals surface area contributed by atoms with Crippen molar-refractivity contribution >= 4 is 23.1 Å². The first-order valence-corrected chi connectivity index (χ1v) is 9.46. The van der Waals surface area contributed by atoms with Crippen molar-refractivity contribution in [1.29, 1.82) is 5.26 Å². The number of rotatable bonds is 4. The lowest BCUT2D eigenvalue weighted by molar-refractivity contribution is -0.132. The van der Waals surface area contributed by atoms with Crippen LogP contribution in [-0.2, 0) is 9.59 Å². The van der Waals surface area contributed by atoms with Gasteiger partial charge < -0.3 is 14.3 Å². The third-order valence-electron chi connectivity index (χ3n) is 5.20. The van der Waals surface area contributed by atoms with Crippen LogP contribution in [0.2, 0.25) is 0 Å². The number of aryl methyl sites for hydroxylation is 1. The number of furan rings is 1. The normalized spacial score (nSPS) is 17.6. The Hall–Kier alpha value is -4.31. The average molecular weight is 414 g/mol. The Kier molecular flexibility index (Phi) is 5.05. The van der Waals surface area contributed by atoms with Crippen molar-refractivity contribution in [2.24, 2.45) is 0 Å². The Balaban J connectivity index is 1.89. The van der Waals surface area contributed by atoms with Crippen molar-refractivity contribution < 1.29 is 23.8 Å². The molecule has 1 aliphatic heterocycles. The molecule has 1 aromatic heterocycles. The van der Waals surface area contributed by atoms with Crippen molar-refractivity contribution in [3.05, 3.63) is 88.9 Å². The number of aliphatic hydroxyl groups excluding tert-OH is 1. The number of aliphatic hydroxyl groups is 1. The van der Waals surface area contributed by atoms with E-state index in [0.29, 0.717) is 28.3 Å². The van der Waals surface area contributed by atoms with E-state index in [1.165, 1.54) is 11.2 Å². The first kappa shape index (κ1) is 20.0. The minimum atomic E-state index is -0.953. The number of ether oxygens (including phenoxy) is 1. The summed E-state index contributed by atoms with van der Waals surface area (Å²) in [5.74, 6) is -0.955. The van der Waals surface area contributed by atoms with E-state index in [0.717, 1.165) is 5.56 Å². The SMILES string of the molecule is COc1ccc(/C(O)=C2/C(=O)C(=O)N(c3ccc(C#N)cc3)C2c2ccco2)cc1C. The quantitative estimate of drug-likeness (QED) is 0.392. The maximum atomic E-state index is 13.0. The molecule has 1 saturated heterocycles. The topological polar surface area (TPSA) is 104 Å². The summed E-state index contributed by atoms with van der Waals surface area (Å²) in [6.45, 7) is 1.81. The molecule has 0 spiro atoms. The molecular weight excluding hydrogens is 396 g/mol. The summed E-state index contributed by atoms with van der Waals surface area (Å²) in [6, 6.07) is 15.6. The van der Waals surface area contributed by atoms with Crippen LogP contribution in [0.1, 0.15) is 28.5 Å². The molecular formula is C24H18N2O5. The van der Waals surface area contributed by atoms with E-state index >= 15 is 0 Å². The first-order chi connectivity index (χ1) is 15.0. The van der Waals surface area contributed by atoms with E-state index in [1.807, 2.05) is 13.0 Å². The molecule has 7 nitrogen and oxygen atoms in total. The fourth-order valence-corrected chi connectivity index (χ4v) is 3.69. The Labute approximate surface area is 178 Å². The summed E-state index contributed by atoms with van der Waals surface area (Å²) in [7, 11) is 1.54. The molecule has 2 heterocycles. The van der Waals surface area contributed by atoms with Crippen molar-refractivity contribution in [3.63, 3.8) is 0 Å². The van der Waals surface area contributed by atoms with E-state index in [1.54, 1.807) is 61.7 Å². The van der Waals surface area contributed by atoms with Crippen LogP contribution in [0.3, 0.4) is 0 Å². The molecule has 0 bridgehead atoms. The second kappa shape index (κ2) is 7.84. The summed E-state index contributed by atoms with van der Waals surface area (Å²) in [6.07, 6.45) is 1.44. The van der Waals surface area contributed by atoms with Gasteiger partial charge in [-0.05, 0) is 67.1 Å². The van der Waals surface area contributed by atoms with Gasteiger partial charge in [0.05, 0.1) is 30.6 Å². The Morgan fingerprint density at radius 1 is 1.16 bits per heavy atom. The number of nitrogens with zero attached hydrogens (tertiary/aromatic N) is 2. The highest BCUT2D eigenvalue weighted by atomic mass is 16.5. The fraction of sp³-hybridized carbons (Fsp3) is 0.125. The van der Waals surface area contributed by atoms with Crippen LogP contribution >= 0.6 is 0 Å². The Morgan fingerprint density at radius 2 is 1.90 bits per heavy atom. The number of carbonyl (C=O) groups excluding carboxylic acids is 2. The molecule has 7 heteroatoms. The third-order valence-corrected chi connectivity index (χ3v) is 5.20. The third kappa shape index (κ3) is 3.34. The van der Waals surface area contributed by atoms with Gasteiger partial charge in [0.2, 0.25) is 0 Å². The van der Waals surface area contributed by atoms with Crippen LogP contribution in [-0.4, -0.2) is 23.9 Å². The monoisotopic (exact) mass is 414 g/mol. The minimum Gasteiger partial charge on any atom is -0.507 e. The van der Waals surface area contributed by atoms with Gasteiger partial charge in [0, 0.05) is 11.3 Å². The van der Waals surface area contributed by atoms with Crippen molar-refractivity contribution in [3.8, 4) is 11.8 Å². The second-order valence-electron chi connectivity index (χ2n) is 7.03. The average Bonchev–Trinajstić information content (AvgIpc) is 3.40. The minimum absolute atomic E-state index is 0.0751. The van der Waals surface area contributed by atoms with Crippen molar-refractivity contribution in [1.82, 2.24) is 0 Å². The molecule has 1 atom stereocenters. The number of hydrogen-bond donors (Lipinski definition) is 1. The van der Waals surface area contributed by atoms with Gasteiger partial charge in [-0.15, -0.1) is 0 Å². The van der Waals surface area contributed by atoms with Crippen molar-refractivity contribution in [2.75, 3.05) is 12.0 Å². The number of ketones is 1. The number of hydrogen-bond acceptors (Lipinski definition) is 6. The molecule has 1 fully saturated rings. The largest absolute Gasteiger partial charge is 0.507 e. The molecule has 2 aromatic carbocycles. The predicted molar refractivity (Wildman–Crippen MR) is 112 cm³/mol. The molecule has 0 saturated carbocycles. The highest BCUT2D eigenvalue weighted by Gasteiger charge is 2.48. The van der Waals surface area contributed by atoms with E-state index in [-0.39, 0.29) is 11.3 Å². The van der Waals surface area contributed by atoms with Crippen LogP contribution in [0.25, 0.3) is 5.76 Å². The molecule has 0 radical (unpaired) electrons. The Morgan fingerprint density at radius 3 is 2.48 bits per heavy atom. The van der Waals surface area contributed by atoms with Gasteiger partial charge in [0.15, 0.2) is 0 Å². The number of carbonyl (C=O) groups is 2. The number of amides is 1. The van der Waals surface area contributed by atoms with E-state index < -0.39 is 17.7 Å². The van der Waals surface area contributed by atoms with Crippen LogP contribution < -0.4 is 9.64 Å². The predicted octanol–water partition coefficient (Wildman–Crippen LogP) is 4.09. The van der Waals surface area contributed by atoms with Gasteiger partial charge in [-0.1, -0.05) is 0 Å². The number of Topliss-reactive ketones (excluding diaryl/α,β-unsaturated/α-hetero) is 1. The summed E-state index contributed by atoms with van der Waals surface area (Å²) < 4.78 is 10.8. The van der Waals surface area contributed by atoms with E-state index in [9.17, 15) is 14.7 Å². The van der Waals surface area contributed by atoms with Crippen LogP contribution in [0, 0.1) is 18.3 Å². The number of benzene rings is 2. The zero-order chi connectivity index (χ0) is 22.1. The molecule has 1 unspecified atom stereocenters. The van der Waals surface area contributed by atoms with E-state index in [4.69, 9.17) is 14.4 Å². The smallest absolute Gasteiger partial charge is 0.300 e. The molecule has 31 heavy (non-hydrogen) atoms. The zero-order valence-corrected chi connectivity index (χ0v) is 16.8. The first-order valence-electron chi connectivity index (χ1n) is 9.46. The second-order valence-corrected chi connectivity index (χ2v) is 7.03. The summed E-state index contributed by atoms with van der Waals surface area (Å²) >= 11 is 0. The molecule has 1 amide bonds. The highest BCUT2D eigenvalue weighted by molar-refractivity contribution is 6.51. The van der Waals surface area contributed by atoms with Gasteiger partial charge in [-0.25, -0.2) is 0 Å². The fourth-order valence-electron chi connectivity index (χ4n) is 3.69. The van der Waals surface area contributed by atoms with Gasteiger partial charge >= 0.3 is 0 Å². The summed E-state index contributed by atoms with van der Waals surface area (Å²) in [5, 5.41) is 20.1. The maximum absolute atomic E-state index is 13.0. The molecule has 154 valence electrons. The van der Waals surface area contributed by atoms with Crippen molar-refractivity contribution in [2.45, 2.75) is 13.0 Å². The molecule has 0 aliphatic carbocycles. The molecule has 4 rings (SSSR count). The zero-order valence-electron chi connectivity index (χ0n) is 16.8. The summed E-state index contributed by atoms with van der Waals surface area (Å²) in [4.78, 5) is 27.3. The lowest BCUT2D eigenvalue weighted by Crippen LogP contribution is -2.29. The van der Waals surface area contributed by atoms with Crippen LogP contribution in [0.15, 0.2) is 70.9 Å². The van der Waals surface area contributed by atoms with Gasteiger partial charge in [-0.2, -0.15) is 5.26 Å². The lowest BCUT2D eigenvalue weighted by Gasteiger charge is -2.23. The van der Waals surface area contributed by atoms with E-state index in [2.05, 4.69) is 0 Å². The molecule has 3 aromatic rings. The lowest BCUT2D eigenvalue weighted by atomic mass is 9.98. The Bertz CT molecular complexity index is 1230. The van der Waals surface area contributed by atoms with Crippen LogP contribution in [0.5, 0.6) is 5.75 Å². The standard InChI is InChI=1S/C24H18N2O5/c1-14-12-16(7-10-18(14)30-2)22(27)20-21(19-4-3-11-31-19)26(24(29)23(20)28)17-8-5-15(13-25)6-9-17/h3-12,21,27H,1-2H3/b22-20-. The number of anilines is 1. The molecule has 1 N–H and O–H groups in total. The number of nitriles is 1. The highest BCUT2D eigenvalue weighted by Crippen LogP contribution is 2.42.